The van der Waals surface area contributed by atoms with E-state index < -0.39 is 45.1 Å². The quantitative estimate of drug-likeness (QED) is 0.354. The summed E-state index contributed by atoms with van der Waals surface area (Å²) < 4.78 is 31.3. The third kappa shape index (κ3) is 9.60. The molecule has 0 saturated carbocycles. The molecule has 2 aromatic carbocycles. The van der Waals surface area contributed by atoms with Gasteiger partial charge in [0.1, 0.15) is 0 Å². The zero-order valence-electron chi connectivity index (χ0n) is 22.0. The van der Waals surface area contributed by atoms with Crippen LogP contribution in [0.3, 0.4) is 0 Å². The highest BCUT2D eigenvalue weighted by molar-refractivity contribution is 7.90. The Bertz CT molecular complexity index is 1230. The number of morpholine rings is 1. The Kier molecular flexibility index (Phi) is 11.2. The average molecular weight is 558 g/mol. The molecular weight excluding hydrogens is 522 g/mol. The standard InChI is InChI=1S/C28H35N3O7S/c1-2-24(26(33)28(35)29-18-21-9-5-3-6-10-21)30-27(34)23(17-25(32)31-13-15-38-16-14-31)20-39(36,37)19-22-11-7-4-8-12-22/h3-12,23-24H,2,13-20H2,1H3,(H,29,35)(H,30,34)/t23?,24-/m1/s1. The minimum Gasteiger partial charge on any atom is -0.378 e. The summed E-state index contributed by atoms with van der Waals surface area (Å²) in [6.45, 7) is 3.19. The van der Waals surface area contributed by atoms with Crippen LogP contribution < -0.4 is 10.6 Å². The largest absolute Gasteiger partial charge is 0.378 e. The normalized spacial score (nSPS) is 15.2. The molecule has 39 heavy (non-hydrogen) atoms. The van der Waals surface area contributed by atoms with Gasteiger partial charge in [-0.2, -0.15) is 0 Å². The molecule has 0 spiro atoms. The first-order chi connectivity index (χ1) is 18.7. The zero-order valence-corrected chi connectivity index (χ0v) is 22.8. The van der Waals surface area contributed by atoms with Crippen molar-refractivity contribution in [3.05, 3.63) is 71.8 Å². The SMILES string of the molecule is CC[C@@H](NC(=O)C(CC(=O)N1CCOCC1)CS(=O)(=O)Cc1ccccc1)C(=O)C(=O)NCc1ccccc1. The van der Waals surface area contributed by atoms with Gasteiger partial charge in [-0.05, 0) is 17.5 Å². The molecule has 0 radical (unpaired) electrons. The van der Waals surface area contributed by atoms with Gasteiger partial charge in [0.2, 0.25) is 17.6 Å². The van der Waals surface area contributed by atoms with Crippen molar-refractivity contribution in [1.29, 1.82) is 0 Å². The maximum absolute atomic E-state index is 13.3. The summed E-state index contributed by atoms with van der Waals surface area (Å²) in [5, 5.41) is 5.08. The highest BCUT2D eigenvalue weighted by Crippen LogP contribution is 2.16. The summed E-state index contributed by atoms with van der Waals surface area (Å²) in [6, 6.07) is 16.4. The van der Waals surface area contributed by atoms with Crippen molar-refractivity contribution in [2.24, 2.45) is 5.92 Å². The first-order valence-electron chi connectivity index (χ1n) is 12.9. The number of carbonyl (C=O) groups excluding carboxylic acids is 4. The smallest absolute Gasteiger partial charge is 0.289 e. The van der Waals surface area contributed by atoms with E-state index in [1.165, 1.54) is 4.90 Å². The summed E-state index contributed by atoms with van der Waals surface area (Å²) in [5.74, 6) is -4.92. The van der Waals surface area contributed by atoms with E-state index in [2.05, 4.69) is 10.6 Å². The van der Waals surface area contributed by atoms with Crippen LogP contribution in [-0.2, 0) is 46.0 Å². The molecule has 210 valence electrons. The highest BCUT2D eigenvalue weighted by Gasteiger charge is 2.33. The van der Waals surface area contributed by atoms with Crippen molar-refractivity contribution in [3.8, 4) is 0 Å². The number of carbonyl (C=O) groups is 4. The van der Waals surface area contributed by atoms with Crippen LogP contribution in [0.5, 0.6) is 0 Å². The number of nitrogens with one attached hydrogen (secondary N) is 2. The second-order valence-corrected chi connectivity index (χ2v) is 11.5. The van der Waals surface area contributed by atoms with Crippen LogP contribution in [0.15, 0.2) is 60.7 Å². The number of ether oxygens (including phenoxy) is 1. The van der Waals surface area contributed by atoms with Gasteiger partial charge in [0.25, 0.3) is 5.91 Å². The number of rotatable bonds is 13. The van der Waals surface area contributed by atoms with Crippen molar-refractivity contribution < 1.29 is 32.3 Å². The lowest BCUT2D eigenvalue weighted by atomic mass is 10.0. The van der Waals surface area contributed by atoms with Crippen molar-refractivity contribution in [2.45, 2.75) is 38.1 Å². The van der Waals surface area contributed by atoms with Crippen LogP contribution in [-0.4, -0.2) is 74.9 Å². The molecule has 2 aromatic rings. The predicted molar refractivity (Wildman–Crippen MR) is 145 cm³/mol. The van der Waals surface area contributed by atoms with Gasteiger partial charge in [-0.25, -0.2) is 8.42 Å². The number of Topliss-reactive ketones (excluding diaryl/α,β-unsaturated/α-hetero) is 1. The highest BCUT2D eigenvalue weighted by atomic mass is 32.2. The molecule has 1 aliphatic heterocycles. The molecule has 2 atom stereocenters. The zero-order chi connectivity index (χ0) is 28.3. The molecule has 2 N–H and O–H groups in total. The maximum Gasteiger partial charge on any atom is 0.289 e. The molecule has 11 heteroatoms. The summed E-state index contributed by atoms with van der Waals surface area (Å²) in [5.41, 5.74) is 1.37. The van der Waals surface area contributed by atoms with Gasteiger partial charge in [-0.3, -0.25) is 19.2 Å². The van der Waals surface area contributed by atoms with Gasteiger partial charge >= 0.3 is 0 Å². The van der Waals surface area contributed by atoms with Gasteiger partial charge in [0.05, 0.1) is 36.7 Å². The second-order valence-electron chi connectivity index (χ2n) is 9.44. The Morgan fingerprint density at radius 1 is 0.923 bits per heavy atom. The molecule has 10 nitrogen and oxygen atoms in total. The van der Waals surface area contributed by atoms with Gasteiger partial charge < -0.3 is 20.3 Å². The lowest BCUT2D eigenvalue weighted by Crippen LogP contribution is -2.50. The Balaban J connectivity index is 1.70. The Morgan fingerprint density at radius 2 is 1.51 bits per heavy atom. The lowest BCUT2D eigenvalue weighted by molar-refractivity contribution is -0.141. The first-order valence-corrected chi connectivity index (χ1v) is 14.8. The molecule has 1 saturated heterocycles. The van der Waals surface area contributed by atoms with Crippen molar-refractivity contribution in [3.63, 3.8) is 0 Å². The van der Waals surface area contributed by atoms with E-state index in [4.69, 9.17) is 4.74 Å². The van der Waals surface area contributed by atoms with Gasteiger partial charge in [-0.15, -0.1) is 0 Å². The molecular formula is C28H35N3O7S. The number of nitrogens with zero attached hydrogens (tertiary/aromatic N) is 1. The Hall–Kier alpha value is -3.57. The van der Waals surface area contributed by atoms with E-state index in [9.17, 15) is 27.6 Å². The maximum atomic E-state index is 13.3. The average Bonchev–Trinajstić information content (AvgIpc) is 2.94. The number of ketones is 1. The molecule has 1 fully saturated rings. The van der Waals surface area contributed by atoms with E-state index >= 15 is 0 Å². The van der Waals surface area contributed by atoms with Crippen LogP contribution in [0, 0.1) is 5.92 Å². The van der Waals surface area contributed by atoms with Crippen molar-refractivity contribution in [1.82, 2.24) is 15.5 Å². The Labute approximate surface area is 229 Å². The molecule has 0 bridgehead atoms. The number of benzene rings is 2. The summed E-state index contributed by atoms with van der Waals surface area (Å²) in [7, 11) is -3.79. The van der Waals surface area contributed by atoms with Crippen LogP contribution in [0.4, 0.5) is 0 Å². The minimum atomic E-state index is -3.79. The van der Waals surface area contributed by atoms with Gasteiger partial charge in [-0.1, -0.05) is 67.6 Å². The first kappa shape index (κ1) is 30.0. The van der Waals surface area contributed by atoms with E-state index in [1.54, 1.807) is 49.4 Å². The van der Waals surface area contributed by atoms with Crippen LogP contribution in [0.25, 0.3) is 0 Å². The molecule has 0 aliphatic carbocycles. The van der Waals surface area contributed by atoms with Crippen molar-refractivity contribution in [2.75, 3.05) is 32.1 Å². The topological polar surface area (TPSA) is 139 Å². The van der Waals surface area contributed by atoms with Gasteiger partial charge in [0, 0.05) is 26.1 Å². The van der Waals surface area contributed by atoms with E-state index in [0.717, 1.165) is 5.56 Å². The number of sulfone groups is 1. The van der Waals surface area contributed by atoms with Crippen LogP contribution in [0.1, 0.15) is 30.9 Å². The van der Waals surface area contributed by atoms with Crippen LogP contribution in [0.2, 0.25) is 0 Å². The number of hydrogen-bond acceptors (Lipinski definition) is 7. The third-order valence-corrected chi connectivity index (χ3v) is 8.08. The summed E-state index contributed by atoms with van der Waals surface area (Å²) in [4.78, 5) is 53.1. The van der Waals surface area contributed by atoms with Gasteiger partial charge in [0.15, 0.2) is 9.84 Å². The van der Waals surface area contributed by atoms with E-state index in [1.807, 2.05) is 18.2 Å². The fourth-order valence-corrected chi connectivity index (χ4v) is 5.94. The number of hydrogen-bond donors (Lipinski definition) is 2. The Morgan fingerprint density at radius 3 is 2.10 bits per heavy atom. The predicted octanol–water partition coefficient (Wildman–Crippen LogP) is 1.25. The van der Waals surface area contributed by atoms with E-state index in [-0.39, 0.29) is 31.0 Å². The second kappa shape index (κ2) is 14.5. The molecule has 3 rings (SSSR count). The molecule has 1 unspecified atom stereocenters. The van der Waals surface area contributed by atoms with E-state index in [0.29, 0.717) is 31.9 Å². The minimum absolute atomic E-state index is 0.115. The number of amides is 3. The molecule has 1 aliphatic rings. The third-order valence-electron chi connectivity index (χ3n) is 6.40. The monoisotopic (exact) mass is 557 g/mol. The summed E-state index contributed by atoms with van der Waals surface area (Å²) in [6.07, 6.45) is -0.227. The fraction of sp³-hybridized carbons (Fsp3) is 0.429. The fourth-order valence-electron chi connectivity index (χ4n) is 4.24. The lowest BCUT2D eigenvalue weighted by Gasteiger charge is -2.28. The van der Waals surface area contributed by atoms with Crippen LogP contribution >= 0.6 is 0 Å². The molecule has 1 heterocycles. The van der Waals surface area contributed by atoms with Crippen molar-refractivity contribution >= 4 is 33.3 Å². The summed E-state index contributed by atoms with van der Waals surface area (Å²) >= 11 is 0. The molecule has 0 aromatic heterocycles. The molecule has 3 amide bonds.